The molecule has 0 radical (unpaired) electrons. The summed E-state index contributed by atoms with van der Waals surface area (Å²) in [5.74, 6) is 0.809. The third kappa shape index (κ3) is 9.32. The van der Waals surface area contributed by atoms with Crippen LogP contribution in [0.1, 0.15) is 89.7 Å². The molecule has 0 amide bonds. The number of benzene rings is 3. The zero-order valence-electron chi connectivity index (χ0n) is 23.1. The lowest BCUT2D eigenvalue weighted by molar-refractivity contribution is 0.111. The van der Waals surface area contributed by atoms with E-state index in [1.807, 2.05) is 30.3 Å². The highest BCUT2D eigenvalue weighted by Crippen LogP contribution is 2.34. The van der Waals surface area contributed by atoms with Gasteiger partial charge in [0.05, 0.1) is 13.2 Å². The van der Waals surface area contributed by atoms with Crippen LogP contribution in [-0.4, -0.2) is 36.8 Å². The quantitative estimate of drug-likeness (QED) is 0.179. The van der Waals surface area contributed by atoms with Gasteiger partial charge in [0.1, 0.15) is 5.75 Å². The Morgan fingerprint density at radius 2 is 1.38 bits per heavy atom. The van der Waals surface area contributed by atoms with Crippen LogP contribution in [0, 0.1) is 0 Å². The van der Waals surface area contributed by atoms with Crippen LogP contribution in [0.4, 0.5) is 0 Å². The molecular weight excluding hydrogens is 478 g/mol. The molecule has 0 spiro atoms. The Hall–Kier alpha value is -2.07. The number of methoxy groups -OCH3 is 1. The fourth-order valence-electron chi connectivity index (χ4n) is 5.09. The van der Waals surface area contributed by atoms with Crippen LogP contribution in [0.25, 0.3) is 21.9 Å². The summed E-state index contributed by atoms with van der Waals surface area (Å²) in [6, 6.07) is 18.4. The van der Waals surface area contributed by atoms with E-state index in [4.69, 9.17) is 16.3 Å². The van der Waals surface area contributed by atoms with Gasteiger partial charge in [0.15, 0.2) is 0 Å². The molecule has 3 aromatic carbocycles. The van der Waals surface area contributed by atoms with Crippen molar-refractivity contribution in [3.05, 3.63) is 65.2 Å². The molecule has 0 fully saturated rings. The minimum Gasteiger partial charge on any atom is -0.497 e. The first-order chi connectivity index (χ1) is 18.0. The van der Waals surface area contributed by atoms with Gasteiger partial charge in [-0.3, -0.25) is 0 Å². The smallest absolute Gasteiger partial charge is 0.119 e. The lowest BCUT2D eigenvalue weighted by Gasteiger charge is -2.26. The van der Waals surface area contributed by atoms with E-state index >= 15 is 0 Å². The molecular formula is C33H46ClNO2. The van der Waals surface area contributed by atoms with E-state index in [1.165, 1.54) is 64.2 Å². The molecule has 3 nitrogen and oxygen atoms in total. The van der Waals surface area contributed by atoms with Gasteiger partial charge in [0.25, 0.3) is 0 Å². The summed E-state index contributed by atoms with van der Waals surface area (Å²) < 4.78 is 5.53. The van der Waals surface area contributed by atoms with Crippen LogP contribution >= 0.6 is 11.6 Å². The first-order valence-electron chi connectivity index (χ1n) is 14.3. The number of aliphatic hydroxyl groups is 1. The first-order valence-corrected chi connectivity index (χ1v) is 14.7. The number of ether oxygens (including phenoxy) is 1. The molecule has 0 aromatic heterocycles. The van der Waals surface area contributed by atoms with E-state index in [1.54, 1.807) is 7.11 Å². The summed E-state index contributed by atoms with van der Waals surface area (Å²) >= 11 is 6.15. The fraction of sp³-hybridized carbons (Fsp3) is 0.515. The average molecular weight is 524 g/mol. The predicted molar refractivity (Wildman–Crippen MR) is 160 cm³/mol. The number of hydrogen-bond donors (Lipinski definition) is 1. The van der Waals surface area contributed by atoms with Gasteiger partial charge in [-0.1, -0.05) is 95.0 Å². The van der Waals surface area contributed by atoms with Crippen LogP contribution in [0.15, 0.2) is 54.6 Å². The van der Waals surface area contributed by atoms with Gasteiger partial charge >= 0.3 is 0 Å². The summed E-state index contributed by atoms with van der Waals surface area (Å²) in [5, 5.41) is 14.5. The van der Waals surface area contributed by atoms with E-state index in [-0.39, 0.29) is 0 Å². The molecule has 0 heterocycles. The number of hydrogen-bond acceptors (Lipinski definition) is 3. The van der Waals surface area contributed by atoms with Crippen LogP contribution in [0.5, 0.6) is 5.75 Å². The second kappa shape index (κ2) is 16.0. The largest absolute Gasteiger partial charge is 0.497 e. The highest BCUT2D eigenvalue weighted by atomic mass is 35.5. The highest BCUT2D eigenvalue weighted by Gasteiger charge is 2.18. The maximum atomic E-state index is 11.6. The Balaban J connectivity index is 1.84. The van der Waals surface area contributed by atoms with Crippen LogP contribution in [-0.2, 0) is 0 Å². The molecule has 0 saturated carbocycles. The van der Waals surface area contributed by atoms with Crippen LogP contribution in [0.2, 0.25) is 5.02 Å². The third-order valence-corrected chi connectivity index (χ3v) is 7.57. The van der Waals surface area contributed by atoms with Gasteiger partial charge in [-0.25, -0.2) is 0 Å². The minimum absolute atomic E-state index is 0.576. The van der Waals surface area contributed by atoms with Crippen molar-refractivity contribution in [1.82, 2.24) is 4.90 Å². The van der Waals surface area contributed by atoms with Gasteiger partial charge < -0.3 is 14.7 Å². The Labute approximate surface area is 229 Å². The SMILES string of the molecule is CCCCCCCN(CCCCCCC)CC(O)c1cc(-c2ccc(Cl)cc2)cc2ccc(OC)cc12. The molecule has 1 atom stereocenters. The Morgan fingerprint density at radius 3 is 1.97 bits per heavy atom. The third-order valence-electron chi connectivity index (χ3n) is 7.32. The zero-order chi connectivity index (χ0) is 26.5. The standard InChI is InChI=1S/C33H46ClNO2/c1-4-6-8-10-12-20-35(21-13-11-9-7-5-2)25-33(36)32-23-28(26-14-17-29(34)18-15-26)22-27-16-19-30(37-3)24-31(27)32/h14-19,22-24,33,36H,4-13,20-21,25H2,1-3H3. The maximum absolute atomic E-state index is 11.6. The number of unbranched alkanes of at least 4 members (excludes halogenated alkanes) is 8. The summed E-state index contributed by atoms with van der Waals surface area (Å²) in [4.78, 5) is 2.49. The van der Waals surface area contributed by atoms with Gasteiger partial charge in [0.2, 0.25) is 0 Å². The Morgan fingerprint density at radius 1 is 0.757 bits per heavy atom. The lowest BCUT2D eigenvalue weighted by atomic mass is 9.93. The first kappa shape index (κ1) is 29.5. The predicted octanol–water partition coefficient (Wildman–Crippen LogP) is 9.44. The summed E-state index contributed by atoms with van der Waals surface area (Å²) in [5.41, 5.74) is 3.15. The maximum Gasteiger partial charge on any atom is 0.119 e. The van der Waals surface area contributed by atoms with Gasteiger partial charge in [-0.2, -0.15) is 0 Å². The molecule has 1 N–H and O–H groups in total. The normalized spacial score (nSPS) is 12.4. The monoisotopic (exact) mass is 523 g/mol. The molecule has 0 aliphatic heterocycles. The highest BCUT2D eigenvalue weighted by molar-refractivity contribution is 6.30. The molecule has 202 valence electrons. The molecule has 3 rings (SSSR count). The molecule has 1 unspecified atom stereocenters. The summed E-state index contributed by atoms with van der Waals surface area (Å²) in [7, 11) is 1.69. The number of fused-ring (bicyclic) bond motifs is 1. The van der Waals surface area contributed by atoms with Gasteiger partial charge in [-0.05, 0) is 89.8 Å². The van der Waals surface area contributed by atoms with Gasteiger partial charge in [-0.15, -0.1) is 0 Å². The summed E-state index contributed by atoms with van der Waals surface area (Å²) in [6.07, 6.45) is 12.1. The van der Waals surface area contributed by atoms with Crippen molar-refractivity contribution in [2.75, 3.05) is 26.7 Å². The van der Waals surface area contributed by atoms with Crippen molar-refractivity contribution in [2.45, 2.75) is 84.2 Å². The van der Waals surface area contributed by atoms with Crippen LogP contribution in [0.3, 0.4) is 0 Å². The van der Waals surface area contributed by atoms with Crippen molar-refractivity contribution in [3.8, 4) is 16.9 Å². The fourth-order valence-corrected chi connectivity index (χ4v) is 5.22. The second-order valence-electron chi connectivity index (χ2n) is 10.3. The van der Waals surface area contributed by atoms with E-state index in [0.717, 1.165) is 51.3 Å². The lowest BCUT2D eigenvalue weighted by Crippen LogP contribution is -2.31. The minimum atomic E-state index is -0.576. The number of nitrogens with zero attached hydrogens (tertiary/aromatic N) is 1. The molecule has 0 saturated heterocycles. The topological polar surface area (TPSA) is 32.7 Å². The number of halogens is 1. The molecule has 4 heteroatoms. The van der Waals surface area contributed by atoms with Crippen molar-refractivity contribution in [1.29, 1.82) is 0 Å². The van der Waals surface area contributed by atoms with Crippen molar-refractivity contribution in [2.24, 2.45) is 0 Å². The van der Waals surface area contributed by atoms with Crippen molar-refractivity contribution < 1.29 is 9.84 Å². The van der Waals surface area contributed by atoms with Crippen molar-refractivity contribution >= 4 is 22.4 Å². The average Bonchev–Trinajstić information content (AvgIpc) is 2.92. The summed E-state index contributed by atoms with van der Waals surface area (Å²) in [6.45, 7) is 7.27. The van der Waals surface area contributed by atoms with Gasteiger partial charge in [0, 0.05) is 11.6 Å². The molecule has 0 aliphatic carbocycles. The van der Waals surface area contributed by atoms with Crippen LogP contribution < -0.4 is 4.74 Å². The van der Waals surface area contributed by atoms with E-state index in [0.29, 0.717) is 6.54 Å². The van der Waals surface area contributed by atoms with E-state index in [2.05, 4.69) is 43.0 Å². The molecule has 0 bridgehead atoms. The van der Waals surface area contributed by atoms with E-state index in [9.17, 15) is 5.11 Å². The molecule has 3 aromatic rings. The Kier molecular flexibility index (Phi) is 12.8. The number of aliphatic hydroxyl groups excluding tert-OH is 1. The van der Waals surface area contributed by atoms with Crippen molar-refractivity contribution in [3.63, 3.8) is 0 Å². The molecule has 0 aliphatic rings. The van der Waals surface area contributed by atoms with E-state index < -0.39 is 6.10 Å². The molecule has 37 heavy (non-hydrogen) atoms. The second-order valence-corrected chi connectivity index (χ2v) is 10.7. The number of rotatable bonds is 17. The Bertz CT molecular complexity index is 1050. The zero-order valence-corrected chi connectivity index (χ0v) is 23.9.